The van der Waals surface area contributed by atoms with Gasteiger partial charge in [-0.2, -0.15) is 0 Å². The van der Waals surface area contributed by atoms with Crippen molar-refractivity contribution in [3.05, 3.63) is 0 Å². The van der Waals surface area contributed by atoms with Gasteiger partial charge in [-0.25, -0.2) is 0 Å². The zero-order valence-electron chi connectivity index (χ0n) is 16.8. The molecule has 3 aliphatic heterocycles. The molecule has 0 aromatic carbocycles. The number of likely N-dealkylation sites (tertiary alicyclic amines) is 2. The highest BCUT2D eigenvalue weighted by atomic mass is 16.2. The van der Waals surface area contributed by atoms with Crippen LogP contribution in [0.2, 0.25) is 0 Å². The summed E-state index contributed by atoms with van der Waals surface area (Å²) < 4.78 is 0. The second kappa shape index (κ2) is 7.93. The summed E-state index contributed by atoms with van der Waals surface area (Å²) in [6.45, 7) is 12.5. The maximum atomic E-state index is 12.1. The van der Waals surface area contributed by atoms with E-state index in [4.69, 9.17) is 0 Å². The Balaban J connectivity index is 1.63. The molecule has 0 aromatic rings. The first kappa shape index (κ1) is 19.1. The van der Waals surface area contributed by atoms with Crippen LogP contribution < -0.4 is 0 Å². The summed E-state index contributed by atoms with van der Waals surface area (Å²) in [6.07, 6.45) is 5.67. The molecule has 5 nitrogen and oxygen atoms in total. The molecule has 3 rings (SSSR count). The van der Waals surface area contributed by atoms with E-state index in [2.05, 4.69) is 47.5 Å². The van der Waals surface area contributed by atoms with Gasteiger partial charge < -0.3 is 14.7 Å². The van der Waals surface area contributed by atoms with Gasteiger partial charge in [0.1, 0.15) is 0 Å². The Kier molecular flexibility index (Phi) is 6.07. The zero-order valence-corrected chi connectivity index (χ0v) is 16.8. The Labute approximate surface area is 154 Å². The van der Waals surface area contributed by atoms with E-state index in [9.17, 15) is 4.79 Å². The molecule has 0 bridgehead atoms. The number of carbonyl (C=O) groups is 1. The van der Waals surface area contributed by atoms with Gasteiger partial charge in [0.2, 0.25) is 5.91 Å². The minimum atomic E-state index is 0.339. The molecule has 144 valence electrons. The van der Waals surface area contributed by atoms with Crippen LogP contribution >= 0.6 is 0 Å². The lowest BCUT2D eigenvalue weighted by atomic mass is 9.85. The molecule has 1 amide bonds. The third kappa shape index (κ3) is 4.37. The topological polar surface area (TPSA) is 30.0 Å². The lowest BCUT2D eigenvalue weighted by Gasteiger charge is -2.48. The van der Waals surface area contributed by atoms with Crippen LogP contribution in [0.1, 0.15) is 46.0 Å². The van der Waals surface area contributed by atoms with E-state index in [1.807, 2.05) is 0 Å². The fourth-order valence-corrected chi connectivity index (χ4v) is 5.07. The Hall–Kier alpha value is -0.650. The lowest BCUT2D eigenvalue weighted by molar-refractivity contribution is -0.137. The molecule has 25 heavy (non-hydrogen) atoms. The predicted molar refractivity (Wildman–Crippen MR) is 103 cm³/mol. The molecule has 1 atom stereocenters. The highest BCUT2D eigenvalue weighted by Gasteiger charge is 2.40. The highest BCUT2D eigenvalue weighted by Crippen LogP contribution is 2.32. The third-order valence-corrected chi connectivity index (χ3v) is 6.89. The number of rotatable bonds is 3. The molecule has 3 saturated heterocycles. The van der Waals surface area contributed by atoms with Gasteiger partial charge in [0.25, 0.3) is 0 Å². The molecule has 3 aliphatic rings. The van der Waals surface area contributed by atoms with Gasteiger partial charge in [0.05, 0.1) is 0 Å². The Morgan fingerprint density at radius 2 is 1.84 bits per heavy atom. The van der Waals surface area contributed by atoms with Crippen molar-refractivity contribution in [2.75, 3.05) is 59.9 Å². The molecule has 0 aromatic heterocycles. The Bertz CT molecular complexity index is 459. The number of amides is 1. The van der Waals surface area contributed by atoms with Crippen molar-refractivity contribution >= 4 is 5.91 Å². The van der Waals surface area contributed by atoms with Crippen LogP contribution in [0.3, 0.4) is 0 Å². The summed E-state index contributed by atoms with van der Waals surface area (Å²) in [5.41, 5.74) is 0.366. The standard InChI is InChI=1S/C20H38N4O/c1-17(2)24-15-18(6-7-19(24)25)14-23-11-5-10-22(4)20(16-23)8-12-21(3)13-9-20/h17-18H,5-16H2,1-4H3. The van der Waals surface area contributed by atoms with Gasteiger partial charge in [-0.15, -0.1) is 0 Å². The summed E-state index contributed by atoms with van der Waals surface area (Å²) in [7, 11) is 4.59. The van der Waals surface area contributed by atoms with Gasteiger partial charge in [-0.3, -0.25) is 9.69 Å². The molecule has 1 unspecified atom stereocenters. The minimum absolute atomic E-state index is 0.339. The van der Waals surface area contributed by atoms with Crippen molar-refractivity contribution in [3.63, 3.8) is 0 Å². The van der Waals surface area contributed by atoms with Gasteiger partial charge >= 0.3 is 0 Å². The van der Waals surface area contributed by atoms with E-state index in [1.165, 1.54) is 58.5 Å². The summed E-state index contributed by atoms with van der Waals surface area (Å²) >= 11 is 0. The van der Waals surface area contributed by atoms with E-state index in [0.29, 0.717) is 23.4 Å². The second-order valence-corrected chi connectivity index (χ2v) is 9.08. The maximum Gasteiger partial charge on any atom is 0.222 e. The van der Waals surface area contributed by atoms with E-state index >= 15 is 0 Å². The maximum absolute atomic E-state index is 12.1. The van der Waals surface area contributed by atoms with Gasteiger partial charge in [-0.1, -0.05) is 0 Å². The van der Waals surface area contributed by atoms with Crippen LogP contribution in [-0.4, -0.2) is 97.0 Å². The quantitative estimate of drug-likeness (QED) is 0.776. The Morgan fingerprint density at radius 3 is 2.52 bits per heavy atom. The predicted octanol–water partition coefficient (Wildman–Crippen LogP) is 1.74. The van der Waals surface area contributed by atoms with Crippen molar-refractivity contribution in [2.24, 2.45) is 5.92 Å². The van der Waals surface area contributed by atoms with Crippen molar-refractivity contribution in [1.82, 2.24) is 19.6 Å². The molecule has 0 N–H and O–H groups in total. The molecule has 3 fully saturated rings. The number of piperidine rings is 2. The molecular formula is C20H38N4O. The fraction of sp³-hybridized carbons (Fsp3) is 0.950. The zero-order chi connectivity index (χ0) is 18.0. The Morgan fingerprint density at radius 1 is 1.12 bits per heavy atom. The summed E-state index contributed by atoms with van der Waals surface area (Å²) in [5.74, 6) is 1.00. The average molecular weight is 351 g/mol. The van der Waals surface area contributed by atoms with E-state index in [-0.39, 0.29) is 0 Å². The average Bonchev–Trinajstić information content (AvgIpc) is 2.72. The van der Waals surface area contributed by atoms with E-state index in [0.717, 1.165) is 19.4 Å². The second-order valence-electron chi connectivity index (χ2n) is 9.08. The SMILES string of the molecule is CC(C)N1CC(CN2CCCN(C)C3(CCN(C)CC3)C2)CCC1=O. The van der Waals surface area contributed by atoms with Crippen LogP contribution in [0.5, 0.6) is 0 Å². The van der Waals surface area contributed by atoms with Crippen molar-refractivity contribution in [1.29, 1.82) is 0 Å². The van der Waals surface area contributed by atoms with Crippen LogP contribution in [0.15, 0.2) is 0 Å². The first-order chi connectivity index (χ1) is 11.9. The molecular weight excluding hydrogens is 312 g/mol. The minimum Gasteiger partial charge on any atom is -0.340 e. The van der Waals surface area contributed by atoms with Crippen LogP contribution in [-0.2, 0) is 4.79 Å². The van der Waals surface area contributed by atoms with Crippen molar-refractivity contribution in [2.45, 2.75) is 57.5 Å². The number of carbonyl (C=O) groups excluding carboxylic acids is 1. The van der Waals surface area contributed by atoms with Crippen LogP contribution in [0.4, 0.5) is 0 Å². The number of likely N-dealkylation sites (N-methyl/N-ethyl adjacent to an activating group) is 1. The largest absolute Gasteiger partial charge is 0.340 e. The molecule has 3 heterocycles. The monoisotopic (exact) mass is 350 g/mol. The van der Waals surface area contributed by atoms with Crippen LogP contribution in [0, 0.1) is 5.92 Å². The normalized spacial score (nSPS) is 30.2. The summed E-state index contributed by atoms with van der Waals surface area (Å²) in [6, 6.07) is 0.339. The summed E-state index contributed by atoms with van der Waals surface area (Å²) in [4.78, 5) is 22.1. The number of hydrogen-bond donors (Lipinski definition) is 0. The molecule has 5 heteroatoms. The van der Waals surface area contributed by atoms with Crippen molar-refractivity contribution in [3.8, 4) is 0 Å². The van der Waals surface area contributed by atoms with E-state index in [1.54, 1.807) is 0 Å². The number of hydrogen-bond acceptors (Lipinski definition) is 4. The van der Waals surface area contributed by atoms with E-state index < -0.39 is 0 Å². The third-order valence-electron chi connectivity index (χ3n) is 6.89. The van der Waals surface area contributed by atoms with Crippen LogP contribution in [0.25, 0.3) is 0 Å². The smallest absolute Gasteiger partial charge is 0.222 e. The first-order valence-electron chi connectivity index (χ1n) is 10.3. The molecule has 0 saturated carbocycles. The molecule has 0 aliphatic carbocycles. The van der Waals surface area contributed by atoms with Gasteiger partial charge in [0, 0.05) is 37.6 Å². The first-order valence-corrected chi connectivity index (χ1v) is 10.3. The molecule has 0 radical (unpaired) electrons. The molecule has 1 spiro atoms. The lowest BCUT2D eigenvalue weighted by Crippen LogP contribution is -2.58. The van der Waals surface area contributed by atoms with Gasteiger partial charge in [-0.05, 0) is 85.7 Å². The van der Waals surface area contributed by atoms with Gasteiger partial charge in [0.15, 0.2) is 0 Å². The fourth-order valence-electron chi connectivity index (χ4n) is 5.07. The van der Waals surface area contributed by atoms with Crippen molar-refractivity contribution < 1.29 is 4.79 Å². The summed E-state index contributed by atoms with van der Waals surface area (Å²) in [5, 5.41) is 0. The highest BCUT2D eigenvalue weighted by molar-refractivity contribution is 5.77. The number of nitrogens with zero attached hydrogens (tertiary/aromatic N) is 4.